The van der Waals surface area contributed by atoms with Crippen LogP contribution in [0.1, 0.15) is 22.3 Å². The molecule has 2 heteroatoms. The standard InChI is InChI=1S/C27H24N2/c1-20-11-15-24(16-12-20)27(28)29-26-10-6-5-9-25(26)19-21-13-17-23(18-14-21)22-7-3-2-4-8-22/h2-18H,19H2,1H3,(H2,28,29). The smallest absolute Gasteiger partial charge is 0.131 e. The Morgan fingerprint density at radius 3 is 2.03 bits per heavy atom. The molecule has 2 nitrogen and oxygen atoms in total. The molecule has 4 rings (SSSR count). The van der Waals surface area contributed by atoms with Crippen molar-refractivity contribution < 1.29 is 0 Å². The number of nitrogens with zero attached hydrogens (tertiary/aromatic N) is 1. The largest absolute Gasteiger partial charge is 0.383 e. The molecule has 142 valence electrons. The SMILES string of the molecule is Cc1ccc(C(N)=Nc2ccccc2Cc2ccc(-c3ccccc3)cc2)cc1. The van der Waals surface area contributed by atoms with Gasteiger partial charge in [0.2, 0.25) is 0 Å². The Bertz CT molecular complexity index is 1110. The number of para-hydroxylation sites is 1. The van der Waals surface area contributed by atoms with Gasteiger partial charge in [-0.25, -0.2) is 4.99 Å². The maximum atomic E-state index is 6.27. The molecular weight excluding hydrogens is 352 g/mol. The van der Waals surface area contributed by atoms with Crippen LogP contribution in [0.25, 0.3) is 11.1 Å². The van der Waals surface area contributed by atoms with Crippen LogP contribution >= 0.6 is 0 Å². The average molecular weight is 377 g/mol. The van der Waals surface area contributed by atoms with Gasteiger partial charge in [-0.05, 0) is 41.7 Å². The normalized spacial score (nSPS) is 11.4. The fraction of sp³-hybridized carbons (Fsp3) is 0.0741. The lowest BCUT2D eigenvalue weighted by Gasteiger charge is -2.09. The van der Waals surface area contributed by atoms with Crippen molar-refractivity contribution in [2.45, 2.75) is 13.3 Å². The van der Waals surface area contributed by atoms with Crippen LogP contribution in [-0.4, -0.2) is 5.84 Å². The predicted octanol–water partition coefficient (Wildman–Crippen LogP) is 6.29. The first-order valence-corrected chi connectivity index (χ1v) is 9.82. The average Bonchev–Trinajstić information content (AvgIpc) is 2.77. The summed E-state index contributed by atoms with van der Waals surface area (Å²) in [5.74, 6) is 0.539. The number of nitrogens with two attached hydrogens (primary N) is 1. The molecule has 0 amide bonds. The first-order chi connectivity index (χ1) is 14.2. The second-order valence-corrected chi connectivity index (χ2v) is 7.23. The molecule has 0 saturated carbocycles. The van der Waals surface area contributed by atoms with Crippen molar-refractivity contribution in [3.63, 3.8) is 0 Å². The van der Waals surface area contributed by atoms with E-state index in [9.17, 15) is 0 Å². The number of aliphatic imine (C=N–C) groups is 1. The second-order valence-electron chi connectivity index (χ2n) is 7.23. The van der Waals surface area contributed by atoms with E-state index >= 15 is 0 Å². The van der Waals surface area contributed by atoms with Gasteiger partial charge in [-0.1, -0.05) is 103 Å². The summed E-state index contributed by atoms with van der Waals surface area (Å²) in [6.45, 7) is 2.06. The van der Waals surface area contributed by atoms with E-state index in [1.807, 2.05) is 30.3 Å². The van der Waals surface area contributed by atoms with E-state index < -0.39 is 0 Å². The molecule has 0 aromatic heterocycles. The molecular formula is C27H24N2. The van der Waals surface area contributed by atoms with Gasteiger partial charge in [-0.3, -0.25) is 0 Å². The van der Waals surface area contributed by atoms with Crippen LogP contribution in [0.5, 0.6) is 0 Å². The Labute approximate surface area is 172 Å². The molecule has 29 heavy (non-hydrogen) atoms. The molecule has 0 heterocycles. The zero-order chi connectivity index (χ0) is 20.1. The van der Waals surface area contributed by atoms with Crippen LogP contribution in [0.2, 0.25) is 0 Å². The number of hydrogen-bond donors (Lipinski definition) is 1. The molecule has 0 unspecified atom stereocenters. The topological polar surface area (TPSA) is 38.4 Å². The summed E-state index contributed by atoms with van der Waals surface area (Å²) in [6.07, 6.45) is 0.815. The van der Waals surface area contributed by atoms with E-state index in [4.69, 9.17) is 10.7 Å². The monoisotopic (exact) mass is 376 g/mol. The molecule has 0 aliphatic carbocycles. The molecule has 0 atom stereocenters. The molecule has 0 saturated heterocycles. The zero-order valence-corrected chi connectivity index (χ0v) is 16.5. The first kappa shape index (κ1) is 18.7. The second kappa shape index (κ2) is 8.57. The molecule has 2 N–H and O–H groups in total. The number of benzene rings is 4. The Balaban J connectivity index is 1.57. The van der Waals surface area contributed by atoms with Gasteiger partial charge in [0, 0.05) is 5.56 Å². The summed E-state index contributed by atoms with van der Waals surface area (Å²) >= 11 is 0. The Morgan fingerprint density at radius 1 is 0.690 bits per heavy atom. The minimum Gasteiger partial charge on any atom is -0.383 e. The Hall–Kier alpha value is -3.65. The van der Waals surface area contributed by atoms with Crippen LogP contribution in [0.3, 0.4) is 0 Å². The maximum absolute atomic E-state index is 6.27. The third kappa shape index (κ3) is 4.61. The van der Waals surface area contributed by atoms with E-state index in [1.165, 1.54) is 22.3 Å². The van der Waals surface area contributed by atoms with E-state index in [1.54, 1.807) is 0 Å². The quantitative estimate of drug-likeness (QED) is 0.323. The van der Waals surface area contributed by atoms with Gasteiger partial charge < -0.3 is 5.73 Å². The molecule has 4 aromatic rings. The lowest BCUT2D eigenvalue weighted by Crippen LogP contribution is -2.12. The fourth-order valence-corrected chi connectivity index (χ4v) is 3.35. The first-order valence-electron chi connectivity index (χ1n) is 9.82. The van der Waals surface area contributed by atoms with Gasteiger partial charge in [-0.2, -0.15) is 0 Å². The third-order valence-electron chi connectivity index (χ3n) is 5.04. The van der Waals surface area contributed by atoms with E-state index in [0.29, 0.717) is 5.84 Å². The summed E-state index contributed by atoms with van der Waals surface area (Å²) in [5, 5.41) is 0. The van der Waals surface area contributed by atoms with Crippen molar-refractivity contribution in [1.29, 1.82) is 0 Å². The molecule has 0 spiro atoms. The summed E-state index contributed by atoms with van der Waals surface area (Å²) < 4.78 is 0. The molecule has 0 aliphatic heterocycles. The number of hydrogen-bond acceptors (Lipinski definition) is 1. The Morgan fingerprint density at radius 2 is 1.31 bits per heavy atom. The highest BCUT2D eigenvalue weighted by molar-refractivity contribution is 5.99. The summed E-state index contributed by atoms with van der Waals surface area (Å²) in [6, 6.07) is 35.5. The predicted molar refractivity (Wildman–Crippen MR) is 123 cm³/mol. The lowest BCUT2D eigenvalue weighted by atomic mass is 9.99. The summed E-state index contributed by atoms with van der Waals surface area (Å²) in [4.78, 5) is 4.71. The van der Waals surface area contributed by atoms with E-state index in [0.717, 1.165) is 23.2 Å². The Kier molecular flexibility index (Phi) is 5.53. The lowest BCUT2D eigenvalue weighted by molar-refractivity contribution is 1.18. The highest BCUT2D eigenvalue weighted by Crippen LogP contribution is 2.25. The molecule has 0 aliphatic rings. The van der Waals surface area contributed by atoms with Gasteiger partial charge in [-0.15, -0.1) is 0 Å². The van der Waals surface area contributed by atoms with E-state index in [-0.39, 0.29) is 0 Å². The van der Waals surface area contributed by atoms with Gasteiger partial charge in [0.05, 0.1) is 5.69 Å². The minimum atomic E-state index is 0.539. The summed E-state index contributed by atoms with van der Waals surface area (Å²) in [7, 11) is 0. The highest BCUT2D eigenvalue weighted by Gasteiger charge is 2.05. The van der Waals surface area contributed by atoms with Crippen molar-refractivity contribution in [3.8, 4) is 11.1 Å². The van der Waals surface area contributed by atoms with Gasteiger partial charge >= 0.3 is 0 Å². The molecule has 0 radical (unpaired) electrons. The van der Waals surface area contributed by atoms with Crippen molar-refractivity contribution in [3.05, 3.63) is 125 Å². The maximum Gasteiger partial charge on any atom is 0.131 e. The van der Waals surface area contributed by atoms with Crippen molar-refractivity contribution in [1.82, 2.24) is 0 Å². The van der Waals surface area contributed by atoms with Crippen LogP contribution in [0.15, 0.2) is 108 Å². The van der Waals surface area contributed by atoms with Gasteiger partial charge in [0.15, 0.2) is 0 Å². The van der Waals surface area contributed by atoms with Crippen molar-refractivity contribution >= 4 is 11.5 Å². The van der Waals surface area contributed by atoms with Crippen molar-refractivity contribution in [2.75, 3.05) is 0 Å². The molecule has 4 aromatic carbocycles. The minimum absolute atomic E-state index is 0.539. The van der Waals surface area contributed by atoms with Crippen LogP contribution in [-0.2, 0) is 6.42 Å². The fourth-order valence-electron chi connectivity index (χ4n) is 3.35. The van der Waals surface area contributed by atoms with Crippen LogP contribution in [0.4, 0.5) is 5.69 Å². The van der Waals surface area contributed by atoms with Crippen LogP contribution in [0, 0.1) is 6.92 Å². The van der Waals surface area contributed by atoms with Gasteiger partial charge in [0.1, 0.15) is 5.84 Å². The number of amidine groups is 1. The molecule has 0 fully saturated rings. The number of aryl methyl sites for hydroxylation is 1. The number of rotatable bonds is 5. The third-order valence-corrected chi connectivity index (χ3v) is 5.04. The zero-order valence-electron chi connectivity index (χ0n) is 16.5. The van der Waals surface area contributed by atoms with E-state index in [2.05, 4.69) is 79.7 Å². The molecule has 0 bridgehead atoms. The highest BCUT2D eigenvalue weighted by atomic mass is 14.9. The van der Waals surface area contributed by atoms with Crippen LogP contribution < -0.4 is 5.73 Å². The van der Waals surface area contributed by atoms with Gasteiger partial charge in [0.25, 0.3) is 0 Å². The summed E-state index contributed by atoms with van der Waals surface area (Å²) in [5.41, 5.74) is 14.2. The van der Waals surface area contributed by atoms with Crippen molar-refractivity contribution in [2.24, 2.45) is 10.7 Å².